The maximum absolute atomic E-state index is 5.41. The van der Waals surface area contributed by atoms with Crippen molar-refractivity contribution in [3.63, 3.8) is 0 Å². The van der Waals surface area contributed by atoms with Crippen molar-refractivity contribution in [2.24, 2.45) is 0 Å². The van der Waals surface area contributed by atoms with E-state index < -0.39 is 0 Å². The molecule has 1 aromatic heterocycles. The van der Waals surface area contributed by atoms with Crippen molar-refractivity contribution < 1.29 is 14.2 Å². The number of halogens is 1. The molecule has 2 aromatic carbocycles. The quantitative estimate of drug-likeness (QED) is 0.653. The van der Waals surface area contributed by atoms with Gasteiger partial charge in [0.05, 0.1) is 21.3 Å². The van der Waals surface area contributed by atoms with Crippen molar-refractivity contribution in [1.29, 1.82) is 0 Å². The van der Waals surface area contributed by atoms with E-state index in [1.807, 2.05) is 24.4 Å². The van der Waals surface area contributed by atoms with E-state index in [2.05, 4.69) is 33.0 Å². The molecule has 4 nitrogen and oxygen atoms in total. The van der Waals surface area contributed by atoms with Gasteiger partial charge in [0.2, 0.25) is 5.75 Å². The lowest BCUT2D eigenvalue weighted by molar-refractivity contribution is 0.323. The van der Waals surface area contributed by atoms with Crippen LogP contribution in [0.15, 0.2) is 50.8 Å². The molecule has 1 N–H and O–H groups in total. The standard InChI is InChI=1S/C17H16BrNO3S/c1-20-14-7-11(8-15(21-2)17(14)22-3)23-16-9-19-13-5-4-10(18)6-12(13)16/h4-9,19H,1-3H3. The van der Waals surface area contributed by atoms with Crippen LogP contribution in [0, 0.1) is 0 Å². The smallest absolute Gasteiger partial charge is 0.203 e. The number of aromatic nitrogens is 1. The van der Waals surface area contributed by atoms with Gasteiger partial charge in [-0.15, -0.1) is 0 Å². The number of H-pyrrole nitrogens is 1. The van der Waals surface area contributed by atoms with Crippen LogP contribution in [0.4, 0.5) is 0 Å². The van der Waals surface area contributed by atoms with Gasteiger partial charge in [0, 0.05) is 31.4 Å². The molecule has 0 radical (unpaired) electrons. The Morgan fingerprint density at radius 2 is 1.65 bits per heavy atom. The van der Waals surface area contributed by atoms with Crippen LogP contribution in [0.1, 0.15) is 0 Å². The summed E-state index contributed by atoms with van der Waals surface area (Å²) in [7, 11) is 4.84. The summed E-state index contributed by atoms with van der Waals surface area (Å²) in [6.45, 7) is 0. The second-order valence-electron chi connectivity index (χ2n) is 4.81. The molecule has 120 valence electrons. The topological polar surface area (TPSA) is 43.5 Å². The zero-order valence-electron chi connectivity index (χ0n) is 13.0. The SMILES string of the molecule is COc1cc(Sc2c[nH]c3ccc(Br)cc23)cc(OC)c1OC. The molecule has 0 bridgehead atoms. The zero-order valence-corrected chi connectivity index (χ0v) is 15.4. The molecule has 0 fully saturated rings. The van der Waals surface area contributed by atoms with E-state index in [0.717, 1.165) is 25.2 Å². The number of benzene rings is 2. The van der Waals surface area contributed by atoms with E-state index in [4.69, 9.17) is 14.2 Å². The zero-order chi connectivity index (χ0) is 16.4. The number of ether oxygens (including phenoxy) is 3. The van der Waals surface area contributed by atoms with Crippen LogP contribution in [-0.4, -0.2) is 26.3 Å². The Labute approximate surface area is 147 Å². The van der Waals surface area contributed by atoms with E-state index >= 15 is 0 Å². The predicted molar refractivity (Wildman–Crippen MR) is 96.2 cm³/mol. The summed E-state index contributed by atoms with van der Waals surface area (Å²) in [6.07, 6.45) is 2.00. The summed E-state index contributed by atoms with van der Waals surface area (Å²) < 4.78 is 17.2. The molecule has 0 aliphatic heterocycles. The highest BCUT2D eigenvalue weighted by molar-refractivity contribution is 9.10. The number of rotatable bonds is 5. The van der Waals surface area contributed by atoms with Crippen LogP contribution in [0.25, 0.3) is 10.9 Å². The Morgan fingerprint density at radius 3 is 2.26 bits per heavy atom. The number of hydrogen-bond donors (Lipinski definition) is 1. The van der Waals surface area contributed by atoms with Gasteiger partial charge >= 0.3 is 0 Å². The van der Waals surface area contributed by atoms with E-state index in [1.165, 1.54) is 0 Å². The molecule has 3 aromatic rings. The summed E-state index contributed by atoms with van der Waals surface area (Å²) >= 11 is 5.16. The fourth-order valence-electron chi connectivity index (χ4n) is 2.39. The Morgan fingerprint density at radius 1 is 0.957 bits per heavy atom. The highest BCUT2D eigenvalue weighted by atomic mass is 79.9. The minimum absolute atomic E-state index is 0.598. The fourth-order valence-corrected chi connectivity index (χ4v) is 3.74. The van der Waals surface area contributed by atoms with Gasteiger partial charge < -0.3 is 19.2 Å². The van der Waals surface area contributed by atoms with Gasteiger partial charge in [0.15, 0.2) is 11.5 Å². The first-order valence-corrected chi connectivity index (χ1v) is 8.51. The minimum atomic E-state index is 0.598. The molecule has 0 unspecified atom stereocenters. The van der Waals surface area contributed by atoms with Gasteiger partial charge in [-0.1, -0.05) is 27.7 Å². The molecule has 3 rings (SSSR count). The van der Waals surface area contributed by atoms with Crippen molar-refractivity contribution in [2.45, 2.75) is 9.79 Å². The number of nitrogens with one attached hydrogen (secondary N) is 1. The molecular weight excluding hydrogens is 378 g/mol. The maximum Gasteiger partial charge on any atom is 0.203 e. The van der Waals surface area contributed by atoms with Crippen molar-refractivity contribution in [2.75, 3.05) is 21.3 Å². The van der Waals surface area contributed by atoms with Gasteiger partial charge in [-0.25, -0.2) is 0 Å². The average molecular weight is 394 g/mol. The molecule has 1 heterocycles. The first-order chi connectivity index (χ1) is 11.2. The summed E-state index contributed by atoms with van der Waals surface area (Å²) in [4.78, 5) is 5.44. The molecular formula is C17H16BrNO3S. The van der Waals surface area contributed by atoms with Crippen LogP contribution in [-0.2, 0) is 0 Å². The van der Waals surface area contributed by atoms with Crippen LogP contribution < -0.4 is 14.2 Å². The lowest BCUT2D eigenvalue weighted by Gasteiger charge is -2.13. The number of aromatic amines is 1. The van der Waals surface area contributed by atoms with Crippen molar-refractivity contribution in [3.8, 4) is 17.2 Å². The van der Waals surface area contributed by atoms with Crippen LogP contribution in [0.3, 0.4) is 0 Å². The molecule has 23 heavy (non-hydrogen) atoms. The second kappa shape index (κ2) is 6.76. The molecule has 0 aliphatic rings. The molecule has 0 saturated carbocycles. The largest absolute Gasteiger partial charge is 0.493 e. The molecule has 0 saturated heterocycles. The van der Waals surface area contributed by atoms with Crippen molar-refractivity contribution >= 4 is 38.6 Å². The Kier molecular flexibility index (Phi) is 4.73. The van der Waals surface area contributed by atoms with Gasteiger partial charge in [0.1, 0.15) is 0 Å². The maximum atomic E-state index is 5.41. The van der Waals surface area contributed by atoms with Crippen LogP contribution in [0.2, 0.25) is 0 Å². The molecule has 0 amide bonds. The monoisotopic (exact) mass is 393 g/mol. The average Bonchev–Trinajstić information content (AvgIpc) is 2.96. The highest BCUT2D eigenvalue weighted by Gasteiger charge is 2.15. The summed E-state index contributed by atoms with van der Waals surface area (Å²) in [5.74, 6) is 1.90. The number of fused-ring (bicyclic) bond motifs is 1. The normalized spacial score (nSPS) is 10.8. The second-order valence-corrected chi connectivity index (χ2v) is 6.84. The third-order valence-corrected chi connectivity index (χ3v) is 4.99. The van der Waals surface area contributed by atoms with Crippen molar-refractivity contribution in [1.82, 2.24) is 4.98 Å². The van der Waals surface area contributed by atoms with Gasteiger partial charge in [0.25, 0.3) is 0 Å². The molecule has 0 atom stereocenters. The third-order valence-electron chi connectivity index (χ3n) is 3.47. The Balaban J connectivity index is 2.03. The Hall–Kier alpha value is -1.79. The number of methoxy groups -OCH3 is 3. The number of hydrogen-bond acceptors (Lipinski definition) is 4. The summed E-state index contributed by atoms with van der Waals surface area (Å²) in [5.41, 5.74) is 1.10. The van der Waals surface area contributed by atoms with Crippen LogP contribution in [0.5, 0.6) is 17.2 Å². The van der Waals surface area contributed by atoms with Gasteiger partial charge in [-0.3, -0.25) is 0 Å². The molecule has 6 heteroatoms. The minimum Gasteiger partial charge on any atom is -0.493 e. The van der Waals surface area contributed by atoms with Crippen molar-refractivity contribution in [3.05, 3.63) is 41.0 Å². The summed E-state index contributed by atoms with van der Waals surface area (Å²) in [5, 5.41) is 1.16. The van der Waals surface area contributed by atoms with Crippen LogP contribution >= 0.6 is 27.7 Å². The highest BCUT2D eigenvalue weighted by Crippen LogP contribution is 2.43. The van der Waals surface area contributed by atoms with Gasteiger partial charge in [-0.05, 0) is 30.3 Å². The summed E-state index contributed by atoms with van der Waals surface area (Å²) in [6, 6.07) is 10.1. The predicted octanol–water partition coefficient (Wildman–Crippen LogP) is 5.11. The third kappa shape index (κ3) is 3.14. The lowest BCUT2D eigenvalue weighted by Crippen LogP contribution is -1.95. The van der Waals surface area contributed by atoms with Gasteiger partial charge in [-0.2, -0.15) is 0 Å². The molecule has 0 spiro atoms. The fraction of sp³-hybridized carbons (Fsp3) is 0.176. The van der Waals surface area contributed by atoms with E-state index in [1.54, 1.807) is 33.1 Å². The lowest BCUT2D eigenvalue weighted by atomic mass is 10.2. The molecule has 0 aliphatic carbocycles. The van der Waals surface area contributed by atoms with E-state index in [9.17, 15) is 0 Å². The first kappa shape index (κ1) is 16.1. The first-order valence-electron chi connectivity index (χ1n) is 6.90. The Bertz CT molecular complexity index is 822. The van der Waals surface area contributed by atoms with E-state index in [-0.39, 0.29) is 0 Å². The van der Waals surface area contributed by atoms with E-state index in [0.29, 0.717) is 17.2 Å².